The van der Waals surface area contributed by atoms with Crippen molar-refractivity contribution in [3.63, 3.8) is 0 Å². The first-order valence-electron chi connectivity index (χ1n) is 7.48. The Morgan fingerprint density at radius 2 is 1.84 bits per heavy atom. The molecule has 1 aromatic rings. The monoisotopic (exact) mass is 263 g/mol. The molecule has 1 N–H and O–H groups in total. The van der Waals surface area contributed by atoms with E-state index in [0.29, 0.717) is 5.92 Å². The minimum absolute atomic E-state index is 0.144. The van der Waals surface area contributed by atoms with E-state index in [2.05, 4.69) is 64.2 Å². The summed E-state index contributed by atoms with van der Waals surface area (Å²) in [6.07, 6.45) is 1.57. The molecule has 108 valence electrons. The van der Waals surface area contributed by atoms with E-state index in [1.807, 2.05) is 0 Å². The molecule has 0 aliphatic heterocycles. The smallest absolute Gasteiger partial charge is 0.0955 e. The third kappa shape index (κ3) is 5.33. The van der Waals surface area contributed by atoms with Crippen molar-refractivity contribution >= 4 is 0 Å². The Hall–Kier alpha value is -0.860. The second-order valence-electron chi connectivity index (χ2n) is 5.63. The fraction of sp³-hybridized carbons (Fsp3) is 0.647. The van der Waals surface area contributed by atoms with Gasteiger partial charge in [0.25, 0.3) is 0 Å². The van der Waals surface area contributed by atoms with E-state index in [1.54, 1.807) is 0 Å². The van der Waals surface area contributed by atoms with E-state index in [1.165, 1.54) is 11.1 Å². The van der Waals surface area contributed by atoms with Crippen LogP contribution >= 0.6 is 0 Å². The molecule has 0 heterocycles. The summed E-state index contributed by atoms with van der Waals surface area (Å²) in [4.78, 5) is 0. The quantitative estimate of drug-likeness (QED) is 0.713. The maximum Gasteiger partial charge on any atom is 0.0955 e. The second kappa shape index (κ2) is 8.34. The van der Waals surface area contributed by atoms with Crippen LogP contribution in [-0.4, -0.2) is 19.2 Å². The van der Waals surface area contributed by atoms with Gasteiger partial charge in [-0.1, -0.05) is 45.0 Å². The highest BCUT2D eigenvalue weighted by Crippen LogP contribution is 2.24. The number of hydrogen-bond donors (Lipinski definition) is 1. The van der Waals surface area contributed by atoms with Gasteiger partial charge >= 0.3 is 0 Å². The van der Waals surface area contributed by atoms with Crippen molar-refractivity contribution in [1.82, 2.24) is 5.32 Å². The number of ether oxygens (including phenoxy) is 1. The molecule has 1 rings (SSSR count). The summed E-state index contributed by atoms with van der Waals surface area (Å²) >= 11 is 0. The standard InChI is InChI=1S/C17H29NO/c1-6-11-18-12-17(19-15(5)13(2)3)16-10-8-7-9-14(16)4/h7-10,13,15,17-18H,6,11-12H2,1-5H3. The van der Waals surface area contributed by atoms with Gasteiger partial charge in [0, 0.05) is 6.54 Å². The molecule has 0 aliphatic carbocycles. The normalized spacial score (nSPS) is 14.6. The van der Waals surface area contributed by atoms with E-state index in [0.717, 1.165) is 19.5 Å². The molecule has 2 unspecified atom stereocenters. The van der Waals surface area contributed by atoms with Crippen LogP contribution < -0.4 is 5.32 Å². The van der Waals surface area contributed by atoms with Crippen LogP contribution in [0.3, 0.4) is 0 Å². The molecule has 0 aromatic heterocycles. The lowest BCUT2D eigenvalue weighted by molar-refractivity contribution is -0.0261. The Morgan fingerprint density at radius 3 is 2.42 bits per heavy atom. The van der Waals surface area contributed by atoms with Crippen molar-refractivity contribution in [2.24, 2.45) is 5.92 Å². The van der Waals surface area contributed by atoms with Crippen LogP contribution in [0.5, 0.6) is 0 Å². The van der Waals surface area contributed by atoms with E-state index < -0.39 is 0 Å². The summed E-state index contributed by atoms with van der Waals surface area (Å²) in [5, 5.41) is 3.48. The number of hydrogen-bond acceptors (Lipinski definition) is 2. The van der Waals surface area contributed by atoms with Gasteiger partial charge in [-0.05, 0) is 43.9 Å². The van der Waals surface area contributed by atoms with E-state index in [9.17, 15) is 0 Å². The van der Waals surface area contributed by atoms with Crippen molar-refractivity contribution < 1.29 is 4.74 Å². The van der Waals surface area contributed by atoms with Crippen LogP contribution in [0.4, 0.5) is 0 Å². The summed E-state index contributed by atoms with van der Waals surface area (Å²) in [5.74, 6) is 0.540. The number of benzene rings is 1. The lowest BCUT2D eigenvalue weighted by atomic mass is 10.0. The molecule has 0 fully saturated rings. The van der Waals surface area contributed by atoms with Gasteiger partial charge in [-0.25, -0.2) is 0 Å². The minimum atomic E-state index is 0.144. The zero-order chi connectivity index (χ0) is 14.3. The van der Waals surface area contributed by atoms with Crippen LogP contribution in [-0.2, 0) is 4.74 Å². The van der Waals surface area contributed by atoms with E-state index in [4.69, 9.17) is 4.74 Å². The third-order valence-corrected chi connectivity index (χ3v) is 3.61. The SMILES string of the molecule is CCCNCC(OC(C)C(C)C)c1ccccc1C. The molecule has 2 nitrogen and oxygen atoms in total. The van der Waals surface area contributed by atoms with Crippen molar-refractivity contribution in [1.29, 1.82) is 0 Å². The molecule has 0 radical (unpaired) electrons. The molecule has 0 amide bonds. The van der Waals surface area contributed by atoms with Crippen molar-refractivity contribution in [3.05, 3.63) is 35.4 Å². The van der Waals surface area contributed by atoms with Gasteiger partial charge in [0.1, 0.15) is 0 Å². The molecule has 0 aliphatic rings. The lowest BCUT2D eigenvalue weighted by Crippen LogP contribution is -2.28. The Balaban J connectivity index is 2.77. The van der Waals surface area contributed by atoms with Crippen molar-refractivity contribution in [2.45, 2.75) is 53.2 Å². The summed E-state index contributed by atoms with van der Waals surface area (Å²) in [5.41, 5.74) is 2.61. The summed E-state index contributed by atoms with van der Waals surface area (Å²) in [7, 11) is 0. The summed E-state index contributed by atoms with van der Waals surface area (Å²) in [6, 6.07) is 8.52. The molecule has 0 spiro atoms. The van der Waals surface area contributed by atoms with Crippen LogP contribution in [0.2, 0.25) is 0 Å². The molecular formula is C17H29NO. The van der Waals surface area contributed by atoms with Gasteiger partial charge in [0.15, 0.2) is 0 Å². The Labute approximate surface area is 118 Å². The van der Waals surface area contributed by atoms with Gasteiger partial charge in [0.2, 0.25) is 0 Å². The highest BCUT2D eigenvalue weighted by Gasteiger charge is 2.18. The molecule has 2 atom stereocenters. The highest BCUT2D eigenvalue weighted by atomic mass is 16.5. The zero-order valence-corrected chi connectivity index (χ0v) is 13.1. The van der Waals surface area contributed by atoms with Crippen LogP contribution in [0.1, 0.15) is 51.3 Å². The topological polar surface area (TPSA) is 21.3 Å². The number of aryl methyl sites for hydroxylation is 1. The first-order chi connectivity index (χ1) is 9.06. The molecule has 0 saturated carbocycles. The Morgan fingerprint density at radius 1 is 1.16 bits per heavy atom. The molecular weight excluding hydrogens is 234 g/mol. The summed E-state index contributed by atoms with van der Waals surface area (Å²) < 4.78 is 6.26. The number of nitrogens with one attached hydrogen (secondary N) is 1. The van der Waals surface area contributed by atoms with Gasteiger partial charge in [-0.15, -0.1) is 0 Å². The maximum atomic E-state index is 6.26. The predicted molar refractivity (Wildman–Crippen MR) is 82.5 cm³/mol. The Bertz CT molecular complexity index is 362. The largest absolute Gasteiger partial charge is 0.369 e. The fourth-order valence-corrected chi connectivity index (χ4v) is 2.01. The molecule has 19 heavy (non-hydrogen) atoms. The first kappa shape index (κ1) is 16.2. The first-order valence-corrected chi connectivity index (χ1v) is 7.48. The molecule has 1 aromatic carbocycles. The van der Waals surface area contributed by atoms with Gasteiger partial charge in [-0.3, -0.25) is 0 Å². The summed E-state index contributed by atoms with van der Waals surface area (Å²) in [6.45, 7) is 12.9. The van der Waals surface area contributed by atoms with Gasteiger partial charge < -0.3 is 10.1 Å². The van der Waals surface area contributed by atoms with Crippen molar-refractivity contribution in [3.8, 4) is 0 Å². The maximum absolute atomic E-state index is 6.26. The van der Waals surface area contributed by atoms with Crippen LogP contribution in [0.15, 0.2) is 24.3 Å². The van der Waals surface area contributed by atoms with Gasteiger partial charge in [0.05, 0.1) is 12.2 Å². The van der Waals surface area contributed by atoms with Crippen molar-refractivity contribution in [2.75, 3.05) is 13.1 Å². The Kier molecular flexibility index (Phi) is 7.11. The second-order valence-corrected chi connectivity index (χ2v) is 5.63. The molecule has 0 bridgehead atoms. The third-order valence-electron chi connectivity index (χ3n) is 3.61. The average molecular weight is 263 g/mol. The molecule has 2 heteroatoms. The predicted octanol–water partition coefficient (Wildman–Crippen LogP) is 4.10. The number of rotatable bonds is 8. The van der Waals surface area contributed by atoms with Gasteiger partial charge in [-0.2, -0.15) is 0 Å². The van der Waals surface area contributed by atoms with E-state index >= 15 is 0 Å². The zero-order valence-electron chi connectivity index (χ0n) is 13.1. The average Bonchev–Trinajstić information content (AvgIpc) is 2.38. The van der Waals surface area contributed by atoms with Crippen LogP contribution in [0, 0.1) is 12.8 Å². The van der Waals surface area contributed by atoms with E-state index in [-0.39, 0.29) is 12.2 Å². The fourth-order valence-electron chi connectivity index (χ4n) is 2.01. The highest BCUT2D eigenvalue weighted by molar-refractivity contribution is 5.28. The lowest BCUT2D eigenvalue weighted by Gasteiger charge is -2.26. The molecule has 0 saturated heterocycles. The van der Waals surface area contributed by atoms with Crippen LogP contribution in [0.25, 0.3) is 0 Å². The minimum Gasteiger partial charge on any atom is -0.369 e.